The van der Waals surface area contributed by atoms with Crippen molar-refractivity contribution in [2.75, 3.05) is 4.90 Å². The molecule has 0 N–H and O–H groups in total. The minimum atomic E-state index is -0.623. The number of benzene rings is 2. The molecule has 0 atom stereocenters. The summed E-state index contributed by atoms with van der Waals surface area (Å²) >= 11 is 12.0. The highest BCUT2D eigenvalue weighted by molar-refractivity contribution is 6.66. The number of hydrogen-bond acceptors (Lipinski definition) is 2. The summed E-state index contributed by atoms with van der Waals surface area (Å²) in [5.74, 6) is -0.318. The summed E-state index contributed by atoms with van der Waals surface area (Å²) in [6, 6.07) is 11.4. The number of imidazole rings is 1. The molecular weight excluding hydrogens is 352 g/mol. The molecule has 0 unspecified atom stereocenters. The highest BCUT2D eigenvalue weighted by atomic mass is 35.5. The van der Waals surface area contributed by atoms with Gasteiger partial charge in [0.1, 0.15) is 12.1 Å². The maximum absolute atomic E-state index is 13.2. The standard InChI is InChI=1S/C17H10Cl2FN3O/c18-12-2-1-3-13-16(12)22(17(19)24)8-14-15(21-9-23(13)14)10-4-6-11(20)7-5-10/h1-7,9H,8H2. The van der Waals surface area contributed by atoms with Gasteiger partial charge in [0.25, 0.3) is 0 Å². The second kappa shape index (κ2) is 5.61. The highest BCUT2D eigenvalue weighted by Gasteiger charge is 2.30. The molecule has 2 aromatic carbocycles. The third-order valence-electron chi connectivity index (χ3n) is 4.00. The lowest BCUT2D eigenvalue weighted by Crippen LogP contribution is -2.31. The molecule has 0 aliphatic carbocycles. The maximum atomic E-state index is 13.2. The van der Waals surface area contributed by atoms with Crippen LogP contribution in [0.2, 0.25) is 5.02 Å². The molecule has 1 amide bonds. The molecule has 0 saturated heterocycles. The predicted octanol–water partition coefficient (Wildman–Crippen LogP) is 5.01. The molecule has 1 aromatic heterocycles. The first-order valence-corrected chi connectivity index (χ1v) is 7.90. The fraction of sp³-hybridized carbons (Fsp3) is 0.0588. The molecule has 4 rings (SSSR count). The molecule has 120 valence electrons. The van der Waals surface area contributed by atoms with Crippen LogP contribution in [-0.2, 0) is 6.54 Å². The Morgan fingerprint density at radius 3 is 2.62 bits per heavy atom. The molecule has 7 heteroatoms. The van der Waals surface area contributed by atoms with Crippen molar-refractivity contribution in [2.45, 2.75) is 6.54 Å². The van der Waals surface area contributed by atoms with E-state index in [0.29, 0.717) is 16.4 Å². The van der Waals surface area contributed by atoms with E-state index in [1.54, 1.807) is 30.6 Å². The number of para-hydroxylation sites is 1. The number of rotatable bonds is 1. The van der Waals surface area contributed by atoms with E-state index < -0.39 is 5.37 Å². The number of fused-ring (bicyclic) bond motifs is 3. The summed E-state index contributed by atoms with van der Waals surface area (Å²) in [6.45, 7) is 0.228. The molecular formula is C17H10Cl2FN3O. The SMILES string of the molecule is O=C(Cl)N1Cc2c(-c3ccc(F)cc3)ncn2-c2cccc(Cl)c21. The predicted molar refractivity (Wildman–Crippen MR) is 91.4 cm³/mol. The van der Waals surface area contributed by atoms with Crippen LogP contribution >= 0.6 is 23.2 Å². The van der Waals surface area contributed by atoms with E-state index >= 15 is 0 Å². The minimum absolute atomic E-state index is 0.228. The molecule has 0 spiro atoms. The zero-order chi connectivity index (χ0) is 16.8. The first-order valence-electron chi connectivity index (χ1n) is 7.14. The Morgan fingerprint density at radius 2 is 1.92 bits per heavy atom. The van der Waals surface area contributed by atoms with Gasteiger partial charge < -0.3 is 0 Å². The van der Waals surface area contributed by atoms with Crippen LogP contribution in [0.3, 0.4) is 0 Å². The number of halogens is 3. The lowest BCUT2D eigenvalue weighted by molar-refractivity contribution is 0.263. The number of anilines is 1. The first-order chi connectivity index (χ1) is 11.6. The van der Waals surface area contributed by atoms with Gasteiger partial charge in [0.15, 0.2) is 0 Å². The van der Waals surface area contributed by atoms with Gasteiger partial charge in [0, 0.05) is 5.56 Å². The Labute approximate surface area is 147 Å². The lowest BCUT2D eigenvalue weighted by Gasteiger charge is -2.30. The lowest BCUT2D eigenvalue weighted by atomic mass is 10.1. The van der Waals surface area contributed by atoms with Crippen molar-refractivity contribution in [1.82, 2.24) is 9.55 Å². The largest absolute Gasteiger partial charge is 0.321 e. The summed E-state index contributed by atoms with van der Waals surface area (Å²) in [5.41, 5.74) is 3.49. The average molecular weight is 362 g/mol. The first kappa shape index (κ1) is 15.2. The Morgan fingerprint density at radius 1 is 1.17 bits per heavy atom. The van der Waals surface area contributed by atoms with Crippen molar-refractivity contribution in [3.8, 4) is 16.9 Å². The van der Waals surface area contributed by atoms with Crippen molar-refractivity contribution in [3.63, 3.8) is 0 Å². The fourth-order valence-corrected chi connectivity index (χ4v) is 3.34. The van der Waals surface area contributed by atoms with Crippen molar-refractivity contribution >= 4 is 34.3 Å². The number of nitrogens with zero attached hydrogens (tertiary/aromatic N) is 3. The van der Waals surface area contributed by atoms with Crippen LogP contribution in [0, 0.1) is 5.82 Å². The van der Waals surface area contributed by atoms with Gasteiger partial charge in [-0.2, -0.15) is 0 Å². The van der Waals surface area contributed by atoms with E-state index in [1.165, 1.54) is 17.0 Å². The second-order valence-corrected chi connectivity index (χ2v) is 6.09. The molecule has 0 fully saturated rings. The molecule has 0 radical (unpaired) electrons. The minimum Gasteiger partial charge on any atom is -0.299 e. The molecule has 1 aliphatic rings. The third-order valence-corrected chi connectivity index (χ3v) is 4.51. The van der Waals surface area contributed by atoms with Gasteiger partial charge in [-0.1, -0.05) is 17.7 Å². The third kappa shape index (κ3) is 2.28. The van der Waals surface area contributed by atoms with Gasteiger partial charge in [-0.05, 0) is 48.0 Å². The Hall–Kier alpha value is -2.37. The van der Waals surface area contributed by atoms with E-state index in [2.05, 4.69) is 4.98 Å². The quantitative estimate of drug-likeness (QED) is 0.451. The zero-order valence-corrected chi connectivity index (χ0v) is 13.7. The number of amides is 1. The van der Waals surface area contributed by atoms with Gasteiger partial charge >= 0.3 is 5.37 Å². The number of hydrogen-bond donors (Lipinski definition) is 0. The van der Waals surface area contributed by atoms with Crippen LogP contribution in [0.5, 0.6) is 0 Å². The number of aromatic nitrogens is 2. The molecule has 24 heavy (non-hydrogen) atoms. The summed E-state index contributed by atoms with van der Waals surface area (Å²) in [5, 5.41) is -0.189. The van der Waals surface area contributed by atoms with Gasteiger partial charge in [0.05, 0.1) is 34.3 Å². The molecule has 0 bridgehead atoms. The van der Waals surface area contributed by atoms with E-state index in [-0.39, 0.29) is 12.4 Å². The van der Waals surface area contributed by atoms with Crippen LogP contribution in [0.4, 0.5) is 14.9 Å². The molecule has 3 aromatic rings. The number of carbonyl (C=O) groups is 1. The fourth-order valence-electron chi connectivity index (χ4n) is 2.93. The Bertz CT molecular complexity index is 953. The van der Waals surface area contributed by atoms with Crippen LogP contribution in [0.25, 0.3) is 16.9 Å². The van der Waals surface area contributed by atoms with Crippen LogP contribution in [0.15, 0.2) is 48.8 Å². The van der Waals surface area contributed by atoms with E-state index in [4.69, 9.17) is 23.2 Å². The summed E-state index contributed by atoms with van der Waals surface area (Å²) < 4.78 is 15.0. The van der Waals surface area contributed by atoms with Crippen molar-refractivity contribution < 1.29 is 9.18 Å². The van der Waals surface area contributed by atoms with Crippen molar-refractivity contribution in [2.24, 2.45) is 0 Å². The molecule has 1 aliphatic heterocycles. The van der Waals surface area contributed by atoms with Gasteiger partial charge in [-0.15, -0.1) is 0 Å². The van der Waals surface area contributed by atoms with Crippen molar-refractivity contribution in [1.29, 1.82) is 0 Å². The van der Waals surface area contributed by atoms with Crippen LogP contribution < -0.4 is 4.90 Å². The van der Waals surface area contributed by atoms with E-state index in [0.717, 1.165) is 16.9 Å². The maximum Gasteiger partial charge on any atom is 0.321 e. The average Bonchev–Trinajstić information content (AvgIpc) is 2.99. The Kier molecular flexibility index (Phi) is 3.55. The molecule has 0 saturated carbocycles. The highest BCUT2D eigenvalue weighted by Crippen LogP contribution is 2.40. The summed E-state index contributed by atoms with van der Waals surface area (Å²) in [6.07, 6.45) is 1.67. The van der Waals surface area contributed by atoms with Crippen LogP contribution in [0.1, 0.15) is 5.69 Å². The molecule has 2 heterocycles. The van der Waals surface area contributed by atoms with Crippen LogP contribution in [-0.4, -0.2) is 14.9 Å². The Balaban J connectivity index is 1.93. The summed E-state index contributed by atoms with van der Waals surface area (Å²) in [7, 11) is 0. The normalized spacial score (nSPS) is 12.7. The second-order valence-electron chi connectivity index (χ2n) is 5.36. The van der Waals surface area contributed by atoms with E-state index in [1.807, 2.05) is 10.6 Å². The summed E-state index contributed by atoms with van der Waals surface area (Å²) in [4.78, 5) is 17.7. The van der Waals surface area contributed by atoms with Gasteiger partial charge in [-0.25, -0.2) is 9.37 Å². The van der Waals surface area contributed by atoms with Gasteiger partial charge in [0.2, 0.25) is 0 Å². The van der Waals surface area contributed by atoms with Gasteiger partial charge in [-0.3, -0.25) is 14.3 Å². The monoisotopic (exact) mass is 361 g/mol. The number of carbonyl (C=O) groups excluding carboxylic acids is 1. The molecule has 4 nitrogen and oxygen atoms in total. The van der Waals surface area contributed by atoms with E-state index in [9.17, 15) is 9.18 Å². The smallest absolute Gasteiger partial charge is 0.299 e. The zero-order valence-electron chi connectivity index (χ0n) is 12.2. The topological polar surface area (TPSA) is 38.1 Å². The van der Waals surface area contributed by atoms with Crippen molar-refractivity contribution in [3.05, 3.63) is 65.3 Å².